The minimum Gasteiger partial charge on any atom is -0.288 e. The fraction of sp³-hybridized carbons (Fsp3) is 0.100. The van der Waals surface area contributed by atoms with Crippen molar-refractivity contribution in [2.45, 2.75) is 13.8 Å². The number of ketones is 1. The van der Waals surface area contributed by atoms with Crippen LogP contribution >= 0.6 is 0 Å². The third kappa shape index (κ3) is 2.59. The van der Waals surface area contributed by atoms with Crippen molar-refractivity contribution in [3.63, 3.8) is 0 Å². The van der Waals surface area contributed by atoms with Crippen molar-refractivity contribution in [3.05, 3.63) is 83.4 Å². The standard InChI is InChI=1S/C20H16N4O/c1-13-3-4-16(11-14(13)2)19(25)17-12-23-24-18(7-10-22-20(17)24)15-5-8-21-9-6-15/h3-12H,1-2H3. The number of aryl methyl sites for hydroxylation is 2. The molecule has 5 heteroatoms. The zero-order valence-electron chi connectivity index (χ0n) is 14.0. The summed E-state index contributed by atoms with van der Waals surface area (Å²) in [7, 11) is 0. The molecular weight excluding hydrogens is 312 g/mol. The second-order valence-corrected chi connectivity index (χ2v) is 5.99. The first kappa shape index (κ1) is 15.2. The molecule has 0 unspecified atom stereocenters. The van der Waals surface area contributed by atoms with Crippen LogP contribution in [0.4, 0.5) is 0 Å². The molecule has 0 atom stereocenters. The Bertz CT molecular complexity index is 1080. The van der Waals surface area contributed by atoms with Crippen molar-refractivity contribution in [3.8, 4) is 11.3 Å². The molecule has 0 radical (unpaired) electrons. The number of hydrogen-bond donors (Lipinski definition) is 0. The van der Waals surface area contributed by atoms with E-state index in [0.29, 0.717) is 16.8 Å². The molecule has 0 spiro atoms. The Morgan fingerprint density at radius 1 is 0.960 bits per heavy atom. The van der Waals surface area contributed by atoms with Crippen LogP contribution in [0, 0.1) is 13.8 Å². The molecule has 0 fully saturated rings. The van der Waals surface area contributed by atoms with E-state index in [0.717, 1.165) is 22.4 Å². The van der Waals surface area contributed by atoms with Gasteiger partial charge < -0.3 is 0 Å². The van der Waals surface area contributed by atoms with E-state index in [-0.39, 0.29) is 5.78 Å². The van der Waals surface area contributed by atoms with E-state index in [1.165, 1.54) is 0 Å². The first-order chi connectivity index (χ1) is 12.1. The molecule has 25 heavy (non-hydrogen) atoms. The van der Waals surface area contributed by atoms with Gasteiger partial charge in [0.15, 0.2) is 11.4 Å². The maximum atomic E-state index is 12.9. The number of fused-ring (bicyclic) bond motifs is 1. The lowest BCUT2D eigenvalue weighted by Gasteiger charge is -2.05. The second kappa shape index (κ2) is 5.94. The maximum absolute atomic E-state index is 12.9. The van der Waals surface area contributed by atoms with Crippen LogP contribution in [0.2, 0.25) is 0 Å². The van der Waals surface area contributed by atoms with Gasteiger partial charge in [-0.3, -0.25) is 9.78 Å². The molecule has 4 rings (SSSR count). The van der Waals surface area contributed by atoms with Gasteiger partial charge in [0.25, 0.3) is 0 Å². The summed E-state index contributed by atoms with van der Waals surface area (Å²) in [6.07, 6.45) is 6.74. The number of pyridine rings is 1. The quantitative estimate of drug-likeness (QED) is 0.539. The van der Waals surface area contributed by atoms with E-state index in [1.807, 2.05) is 50.2 Å². The fourth-order valence-corrected chi connectivity index (χ4v) is 2.83. The Morgan fingerprint density at radius 3 is 2.52 bits per heavy atom. The van der Waals surface area contributed by atoms with Gasteiger partial charge in [-0.05, 0) is 49.2 Å². The molecule has 122 valence electrons. The van der Waals surface area contributed by atoms with E-state index in [1.54, 1.807) is 29.3 Å². The van der Waals surface area contributed by atoms with E-state index < -0.39 is 0 Å². The molecule has 0 saturated carbocycles. The Kier molecular flexibility index (Phi) is 3.61. The van der Waals surface area contributed by atoms with E-state index >= 15 is 0 Å². The van der Waals surface area contributed by atoms with Gasteiger partial charge >= 0.3 is 0 Å². The van der Waals surface area contributed by atoms with E-state index in [4.69, 9.17) is 0 Å². The lowest BCUT2D eigenvalue weighted by molar-refractivity contribution is 0.104. The van der Waals surface area contributed by atoms with Crippen LogP contribution in [0.15, 0.2) is 61.2 Å². The van der Waals surface area contributed by atoms with Crippen LogP contribution in [0.1, 0.15) is 27.0 Å². The van der Waals surface area contributed by atoms with Crippen LogP contribution in [0.5, 0.6) is 0 Å². The summed E-state index contributed by atoms with van der Waals surface area (Å²) < 4.78 is 1.70. The van der Waals surface area contributed by atoms with Crippen molar-refractivity contribution < 1.29 is 4.79 Å². The van der Waals surface area contributed by atoms with Crippen LogP contribution in [-0.2, 0) is 0 Å². The van der Waals surface area contributed by atoms with Crippen molar-refractivity contribution in [2.75, 3.05) is 0 Å². The fourth-order valence-electron chi connectivity index (χ4n) is 2.83. The van der Waals surface area contributed by atoms with Crippen molar-refractivity contribution in [1.29, 1.82) is 0 Å². The van der Waals surface area contributed by atoms with Gasteiger partial charge in [-0.1, -0.05) is 12.1 Å². The zero-order chi connectivity index (χ0) is 17.4. The topological polar surface area (TPSA) is 60.2 Å². The molecular formula is C20H16N4O. The summed E-state index contributed by atoms with van der Waals surface area (Å²) >= 11 is 0. The number of carbonyl (C=O) groups excluding carboxylic acids is 1. The molecule has 0 aliphatic rings. The van der Waals surface area contributed by atoms with Crippen LogP contribution in [-0.4, -0.2) is 25.4 Å². The monoisotopic (exact) mass is 328 g/mol. The normalized spacial score (nSPS) is 11.0. The summed E-state index contributed by atoms with van der Waals surface area (Å²) in [5, 5.41) is 4.39. The molecule has 3 heterocycles. The lowest BCUT2D eigenvalue weighted by atomic mass is 10.0. The summed E-state index contributed by atoms with van der Waals surface area (Å²) in [6, 6.07) is 11.4. The van der Waals surface area contributed by atoms with Crippen LogP contribution in [0.25, 0.3) is 16.9 Å². The van der Waals surface area contributed by atoms with Crippen molar-refractivity contribution in [1.82, 2.24) is 19.6 Å². The van der Waals surface area contributed by atoms with Gasteiger partial charge in [0.05, 0.1) is 17.5 Å². The molecule has 0 aliphatic carbocycles. The number of carbonyl (C=O) groups is 1. The third-order valence-electron chi connectivity index (χ3n) is 4.39. The average Bonchev–Trinajstić information content (AvgIpc) is 3.08. The third-order valence-corrected chi connectivity index (χ3v) is 4.39. The highest BCUT2D eigenvalue weighted by Gasteiger charge is 2.18. The average molecular weight is 328 g/mol. The molecule has 1 aromatic carbocycles. The van der Waals surface area contributed by atoms with Crippen LogP contribution < -0.4 is 0 Å². The molecule has 0 amide bonds. The largest absolute Gasteiger partial charge is 0.288 e. The molecule has 0 bridgehead atoms. The highest BCUT2D eigenvalue weighted by molar-refractivity contribution is 6.12. The molecule has 0 aliphatic heterocycles. The molecule has 4 aromatic rings. The van der Waals surface area contributed by atoms with Gasteiger partial charge in [-0.15, -0.1) is 0 Å². The molecule has 0 saturated heterocycles. The Hall–Kier alpha value is -3.34. The van der Waals surface area contributed by atoms with Crippen LogP contribution in [0.3, 0.4) is 0 Å². The second-order valence-electron chi connectivity index (χ2n) is 5.99. The van der Waals surface area contributed by atoms with Gasteiger partial charge in [-0.25, -0.2) is 9.50 Å². The SMILES string of the molecule is Cc1ccc(C(=O)c2cnn3c(-c4ccncc4)ccnc23)cc1C. The van der Waals surface area contributed by atoms with Crippen molar-refractivity contribution >= 4 is 11.4 Å². The molecule has 5 nitrogen and oxygen atoms in total. The molecule has 3 aromatic heterocycles. The number of aromatic nitrogens is 4. The summed E-state index contributed by atoms with van der Waals surface area (Å²) in [4.78, 5) is 21.3. The highest BCUT2D eigenvalue weighted by Crippen LogP contribution is 2.22. The van der Waals surface area contributed by atoms with Gasteiger partial charge in [-0.2, -0.15) is 5.10 Å². The first-order valence-corrected chi connectivity index (χ1v) is 8.00. The van der Waals surface area contributed by atoms with Gasteiger partial charge in [0.1, 0.15) is 0 Å². The smallest absolute Gasteiger partial charge is 0.198 e. The highest BCUT2D eigenvalue weighted by atomic mass is 16.1. The summed E-state index contributed by atoms with van der Waals surface area (Å²) in [5.74, 6) is -0.0718. The lowest BCUT2D eigenvalue weighted by Crippen LogP contribution is -2.03. The van der Waals surface area contributed by atoms with Gasteiger partial charge in [0.2, 0.25) is 0 Å². The Morgan fingerprint density at radius 2 is 1.76 bits per heavy atom. The predicted molar refractivity (Wildman–Crippen MR) is 95.6 cm³/mol. The minimum absolute atomic E-state index is 0.0718. The number of nitrogens with zero attached hydrogens (tertiary/aromatic N) is 4. The Balaban J connectivity index is 1.84. The summed E-state index contributed by atoms with van der Waals surface area (Å²) in [6.45, 7) is 4.03. The molecule has 0 N–H and O–H groups in total. The first-order valence-electron chi connectivity index (χ1n) is 8.00. The van der Waals surface area contributed by atoms with Crippen molar-refractivity contribution in [2.24, 2.45) is 0 Å². The summed E-state index contributed by atoms with van der Waals surface area (Å²) in [5.41, 5.74) is 5.79. The Labute approximate surface area is 145 Å². The van der Waals surface area contributed by atoms with E-state index in [9.17, 15) is 4.79 Å². The van der Waals surface area contributed by atoms with E-state index in [2.05, 4.69) is 15.1 Å². The zero-order valence-corrected chi connectivity index (χ0v) is 14.0. The number of rotatable bonds is 3. The number of benzene rings is 1. The maximum Gasteiger partial charge on any atom is 0.198 e. The number of hydrogen-bond acceptors (Lipinski definition) is 4. The van der Waals surface area contributed by atoms with Gasteiger partial charge in [0, 0.05) is 29.7 Å². The predicted octanol–water partition coefficient (Wildman–Crippen LogP) is 3.64. The minimum atomic E-state index is -0.0718.